The predicted octanol–water partition coefficient (Wildman–Crippen LogP) is 4.04. The Balaban J connectivity index is 1.72. The lowest BCUT2D eigenvalue weighted by atomic mass is 9.89. The molecule has 1 N–H and O–H groups in total. The van der Waals surface area contributed by atoms with E-state index >= 15 is 0 Å². The van der Waals surface area contributed by atoms with Crippen LogP contribution in [0.2, 0.25) is 0 Å². The molecule has 0 aliphatic heterocycles. The Bertz CT molecular complexity index is 558. The normalized spacial score (nSPS) is 16.2. The van der Waals surface area contributed by atoms with E-state index in [0.717, 1.165) is 23.7 Å². The first-order valence-corrected chi connectivity index (χ1v) is 7.46. The van der Waals surface area contributed by atoms with Gasteiger partial charge in [0.1, 0.15) is 0 Å². The number of anilines is 1. The van der Waals surface area contributed by atoms with Gasteiger partial charge < -0.3 is 9.84 Å². The smallest absolute Gasteiger partial charge is 0.260 e. The number of aromatic nitrogens is 2. The lowest BCUT2D eigenvalue weighted by Crippen LogP contribution is -2.17. The van der Waals surface area contributed by atoms with Gasteiger partial charge in [0.15, 0.2) is 5.82 Å². The summed E-state index contributed by atoms with van der Waals surface area (Å²) in [5, 5.41) is 7.43. The van der Waals surface area contributed by atoms with Crippen molar-refractivity contribution >= 4 is 5.69 Å². The summed E-state index contributed by atoms with van der Waals surface area (Å²) in [6, 6.07) is 8.14. The molecule has 2 aromatic rings. The second-order valence-electron chi connectivity index (χ2n) is 5.58. The number of nitrogens with zero attached hydrogens (tertiary/aromatic N) is 2. The molecule has 1 heterocycles. The lowest BCUT2D eigenvalue weighted by molar-refractivity contribution is 0.373. The van der Waals surface area contributed by atoms with Gasteiger partial charge in [0.05, 0.1) is 5.56 Å². The number of para-hydroxylation sites is 1. The molecule has 1 aliphatic carbocycles. The molecule has 1 aliphatic rings. The maximum atomic E-state index is 5.28. The molecule has 1 fully saturated rings. The molecule has 1 saturated carbocycles. The molecule has 0 spiro atoms. The molecule has 0 unspecified atom stereocenters. The van der Waals surface area contributed by atoms with E-state index in [0.29, 0.717) is 11.7 Å². The monoisotopic (exact) mass is 271 g/mol. The van der Waals surface area contributed by atoms with Crippen LogP contribution in [0.15, 0.2) is 28.8 Å². The Morgan fingerprint density at radius 3 is 2.75 bits per heavy atom. The van der Waals surface area contributed by atoms with Gasteiger partial charge in [0.2, 0.25) is 0 Å². The number of nitrogens with one attached hydrogen (secondary N) is 1. The van der Waals surface area contributed by atoms with Crippen molar-refractivity contribution in [1.29, 1.82) is 0 Å². The fourth-order valence-electron chi connectivity index (χ4n) is 2.88. The van der Waals surface area contributed by atoms with Crippen LogP contribution in [-0.4, -0.2) is 16.7 Å². The Morgan fingerprint density at radius 1 is 1.20 bits per heavy atom. The van der Waals surface area contributed by atoms with Crippen LogP contribution in [0, 0.1) is 12.8 Å². The lowest BCUT2D eigenvalue weighted by Gasteiger charge is -2.22. The van der Waals surface area contributed by atoms with Crippen LogP contribution in [-0.2, 0) is 0 Å². The van der Waals surface area contributed by atoms with Crippen LogP contribution in [0.1, 0.15) is 37.9 Å². The average Bonchev–Trinajstić information content (AvgIpc) is 2.93. The van der Waals surface area contributed by atoms with E-state index in [4.69, 9.17) is 4.52 Å². The summed E-state index contributed by atoms with van der Waals surface area (Å²) in [7, 11) is 0. The van der Waals surface area contributed by atoms with Crippen molar-refractivity contribution in [1.82, 2.24) is 10.1 Å². The predicted molar refractivity (Wildman–Crippen MR) is 79.5 cm³/mol. The van der Waals surface area contributed by atoms with Crippen LogP contribution in [0.25, 0.3) is 11.5 Å². The van der Waals surface area contributed by atoms with Gasteiger partial charge >= 0.3 is 0 Å². The summed E-state index contributed by atoms with van der Waals surface area (Å²) in [4.78, 5) is 4.32. The SMILES string of the molecule is Cc1noc(-c2ccccc2NCC2CCCCC2)n1. The fraction of sp³-hybridized carbons (Fsp3) is 0.500. The minimum Gasteiger partial charge on any atom is -0.384 e. The van der Waals surface area contributed by atoms with Gasteiger partial charge in [-0.2, -0.15) is 4.98 Å². The van der Waals surface area contributed by atoms with Crippen LogP contribution in [0.4, 0.5) is 5.69 Å². The van der Waals surface area contributed by atoms with Gasteiger partial charge in [0.25, 0.3) is 5.89 Å². The van der Waals surface area contributed by atoms with Crippen molar-refractivity contribution in [2.75, 3.05) is 11.9 Å². The van der Waals surface area contributed by atoms with Crippen molar-refractivity contribution in [2.45, 2.75) is 39.0 Å². The molecule has 4 nitrogen and oxygen atoms in total. The third-order valence-corrected chi connectivity index (χ3v) is 3.99. The highest BCUT2D eigenvalue weighted by Gasteiger charge is 2.15. The van der Waals surface area contributed by atoms with E-state index < -0.39 is 0 Å². The Kier molecular flexibility index (Phi) is 4.00. The van der Waals surface area contributed by atoms with E-state index in [-0.39, 0.29) is 0 Å². The third-order valence-electron chi connectivity index (χ3n) is 3.99. The van der Waals surface area contributed by atoms with Crippen molar-refractivity contribution < 1.29 is 4.52 Å². The molecular formula is C16H21N3O. The first kappa shape index (κ1) is 13.2. The summed E-state index contributed by atoms with van der Waals surface area (Å²) in [6.07, 6.45) is 6.83. The van der Waals surface area contributed by atoms with E-state index in [1.807, 2.05) is 25.1 Å². The number of benzene rings is 1. The number of hydrogen-bond acceptors (Lipinski definition) is 4. The molecule has 106 valence electrons. The molecule has 4 heteroatoms. The zero-order chi connectivity index (χ0) is 13.8. The standard InChI is InChI=1S/C16H21N3O/c1-12-18-16(20-19-12)14-9-5-6-10-15(14)17-11-13-7-3-2-4-8-13/h5-6,9-10,13,17H,2-4,7-8,11H2,1H3. The Hall–Kier alpha value is -1.84. The summed E-state index contributed by atoms with van der Waals surface area (Å²) >= 11 is 0. The molecule has 20 heavy (non-hydrogen) atoms. The van der Waals surface area contributed by atoms with E-state index in [1.54, 1.807) is 0 Å². The molecular weight excluding hydrogens is 250 g/mol. The minimum atomic E-state index is 0.592. The first-order chi connectivity index (χ1) is 9.83. The van der Waals surface area contributed by atoms with Crippen LogP contribution >= 0.6 is 0 Å². The van der Waals surface area contributed by atoms with Gasteiger partial charge in [-0.3, -0.25) is 0 Å². The maximum absolute atomic E-state index is 5.28. The summed E-state index contributed by atoms with van der Waals surface area (Å²) in [5.74, 6) is 2.05. The van der Waals surface area contributed by atoms with Crippen LogP contribution in [0.3, 0.4) is 0 Å². The molecule has 1 aromatic heterocycles. The second-order valence-corrected chi connectivity index (χ2v) is 5.58. The van der Waals surface area contributed by atoms with Crippen LogP contribution < -0.4 is 5.32 Å². The highest BCUT2D eigenvalue weighted by molar-refractivity contribution is 5.72. The molecule has 0 bridgehead atoms. The zero-order valence-electron chi connectivity index (χ0n) is 11.9. The maximum Gasteiger partial charge on any atom is 0.260 e. The van der Waals surface area contributed by atoms with Gasteiger partial charge in [-0.15, -0.1) is 0 Å². The number of rotatable bonds is 4. The highest BCUT2D eigenvalue weighted by Crippen LogP contribution is 2.28. The molecule has 0 saturated heterocycles. The van der Waals surface area contributed by atoms with Gasteiger partial charge in [-0.25, -0.2) is 0 Å². The van der Waals surface area contributed by atoms with Gasteiger partial charge in [-0.05, 0) is 37.8 Å². The van der Waals surface area contributed by atoms with Gasteiger partial charge in [0, 0.05) is 12.2 Å². The quantitative estimate of drug-likeness (QED) is 0.911. The van der Waals surface area contributed by atoms with Crippen LogP contribution in [0.5, 0.6) is 0 Å². The first-order valence-electron chi connectivity index (χ1n) is 7.46. The molecule has 0 amide bonds. The van der Waals surface area contributed by atoms with Crippen molar-refractivity contribution in [3.63, 3.8) is 0 Å². The van der Waals surface area contributed by atoms with E-state index in [9.17, 15) is 0 Å². The third kappa shape index (κ3) is 3.00. The second kappa shape index (κ2) is 6.07. The topological polar surface area (TPSA) is 51.0 Å². The van der Waals surface area contributed by atoms with Gasteiger partial charge in [-0.1, -0.05) is 36.6 Å². The van der Waals surface area contributed by atoms with E-state index in [1.165, 1.54) is 32.1 Å². The Labute approximate surface area is 119 Å². The minimum absolute atomic E-state index is 0.592. The highest BCUT2D eigenvalue weighted by atomic mass is 16.5. The largest absolute Gasteiger partial charge is 0.384 e. The van der Waals surface area contributed by atoms with E-state index in [2.05, 4.69) is 21.5 Å². The zero-order valence-corrected chi connectivity index (χ0v) is 11.9. The molecule has 0 radical (unpaired) electrons. The average molecular weight is 271 g/mol. The number of aryl methyl sites for hydroxylation is 1. The summed E-state index contributed by atoms with van der Waals surface area (Å²) in [5.41, 5.74) is 2.07. The Morgan fingerprint density at radius 2 is 2.00 bits per heavy atom. The number of hydrogen-bond donors (Lipinski definition) is 1. The fourth-order valence-corrected chi connectivity index (χ4v) is 2.88. The summed E-state index contributed by atoms with van der Waals surface area (Å²) < 4.78 is 5.28. The summed E-state index contributed by atoms with van der Waals surface area (Å²) in [6.45, 7) is 2.87. The van der Waals surface area contributed by atoms with Crippen molar-refractivity contribution in [3.8, 4) is 11.5 Å². The molecule has 0 atom stereocenters. The molecule has 1 aromatic carbocycles. The van der Waals surface area contributed by atoms with Crippen molar-refractivity contribution in [2.24, 2.45) is 5.92 Å². The van der Waals surface area contributed by atoms with Crippen molar-refractivity contribution in [3.05, 3.63) is 30.1 Å². The molecule has 3 rings (SSSR count).